The molecule has 1 saturated heterocycles. The number of carbonyl (C=O) groups excluding carboxylic acids is 2. The molecule has 0 spiro atoms. The smallest absolute Gasteiger partial charge is 0.342 e. The van der Waals surface area contributed by atoms with E-state index >= 15 is 0 Å². The van der Waals surface area contributed by atoms with Crippen molar-refractivity contribution < 1.29 is 33.0 Å². The van der Waals surface area contributed by atoms with Crippen molar-refractivity contribution in [3.63, 3.8) is 0 Å². The van der Waals surface area contributed by atoms with Crippen molar-refractivity contribution in [1.82, 2.24) is 4.90 Å². The van der Waals surface area contributed by atoms with Crippen molar-refractivity contribution >= 4 is 28.5 Å². The predicted octanol–water partition coefficient (Wildman–Crippen LogP) is 5.11. The maximum atomic E-state index is 14.1. The molecule has 0 unspecified atom stereocenters. The number of benzene rings is 1. The van der Waals surface area contributed by atoms with Crippen molar-refractivity contribution in [1.29, 1.82) is 0 Å². The minimum absolute atomic E-state index is 0.121. The van der Waals surface area contributed by atoms with Crippen molar-refractivity contribution in [3.8, 4) is 5.75 Å². The summed E-state index contributed by atoms with van der Waals surface area (Å²) < 4.78 is 24.5. The van der Waals surface area contributed by atoms with Crippen LogP contribution in [-0.2, 0) is 29.7 Å². The van der Waals surface area contributed by atoms with E-state index in [1.807, 2.05) is 24.3 Å². The highest BCUT2D eigenvalue weighted by Crippen LogP contribution is 2.50. The third-order valence-corrected chi connectivity index (χ3v) is 18.8. The maximum absolute atomic E-state index is 14.1. The molecule has 1 saturated carbocycles. The van der Waals surface area contributed by atoms with Gasteiger partial charge in [0.15, 0.2) is 16.6 Å². The van der Waals surface area contributed by atoms with Crippen LogP contribution in [0.25, 0.3) is 0 Å². The van der Waals surface area contributed by atoms with Crippen molar-refractivity contribution in [2.24, 2.45) is 5.92 Å². The Morgan fingerprint density at radius 1 is 1.05 bits per heavy atom. The fourth-order valence-corrected chi connectivity index (χ4v) is 9.97. The first kappa shape index (κ1) is 31.8. The Morgan fingerprint density at radius 3 is 2.08 bits per heavy atom. The molecule has 5 atom stereocenters. The summed E-state index contributed by atoms with van der Waals surface area (Å²) in [6.45, 7) is 17.3. The van der Waals surface area contributed by atoms with Gasteiger partial charge < -0.3 is 28.3 Å². The molecular formula is C29H49NO7Si2. The second kappa shape index (κ2) is 11.6. The van der Waals surface area contributed by atoms with E-state index in [0.29, 0.717) is 12.2 Å². The zero-order valence-electron chi connectivity index (χ0n) is 25.5. The molecule has 1 aromatic rings. The zero-order chi connectivity index (χ0) is 29.4. The summed E-state index contributed by atoms with van der Waals surface area (Å²) in [6.07, 6.45) is -1.45. The normalized spacial score (nSPS) is 27.6. The van der Waals surface area contributed by atoms with E-state index in [2.05, 4.69) is 54.6 Å². The van der Waals surface area contributed by atoms with Gasteiger partial charge >= 0.3 is 5.97 Å². The number of aliphatic hydroxyl groups is 1. The van der Waals surface area contributed by atoms with E-state index in [9.17, 15) is 14.7 Å². The van der Waals surface area contributed by atoms with Gasteiger partial charge in [-0.15, -0.1) is 0 Å². The molecule has 1 aliphatic heterocycles. The lowest BCUT2D eigenvalue weighted by molar-refractivity contribution is -0.201. The predicted molar refractivity (Wildman–Crippen MR) is 157 cm³/mol. The number of fused-ring (bicyclic) bond motifs is 2. The number of esters is 1. The van der Waals surface area contributed by atoms with E-state index in [0.717, 1.165) is 23.7 Å². The minimum Gasteiger partial charge on any atom is -0.497 e. The lowest BCUT2D eigenvalue weighted by atomic mass is 9.74. The van der Waals surface area contributed by atoms with E-state index in [1.54, 1.807) is 12.0 Å². The van der Waals surface area contributed by atoms with Gasteiger partial charge in [-0.25, -0.2) is 4.79 Å². The van der Waals surface area contributed by atoms with Crippen LogP contribution in [0.5, 0.6) is 5.75 Å². The van der Waals surface area contributed by atoms with Gasteiger partial charge in [0.25, 0.3) is 0 Å². The number of amides is 1. The quantitative estimate of drug-likeness (QED) is 0.288. The number of carbonyl (C=O) groups is 2. The van der Waals surface area contributed by atoms with Crippen LogP contribution >= 0.6 is 0 Å². The highest BCUT2D eigenvalue weighted by atomic mass is 28.4. The van der Waals surface area contributed by atoms with Crippen LogP contribution in [0.15, 0.2) is 24.3 Å². The average Bonchev–Trinajstić information content (AvgIpc) is 3.20. The second-order valence-corrected chi connectivity index (χ2v) is 22.1. The Balaban J connectivity index is 2.16. The Bertz CT molecular complexity index is 1010. The third-order valence-electron chi connectivity index (χ3n) is 9.66. The summed E-state index contributed by atoms with van der Waals surface area (Å²) in [5.74, 6) is -0.702. The first-order valence-corrected chi connectivity index (χ1v) is 19.7. The van der Waals surface area contributed by atoms with Crippen molar-refractivity contribution in [2.45, 2.75) is 115 Å². The second-order valence-electron chi connectivity index (χ2n) is 12.6. The van der Waals surface area contributed by atoms with Gasteiger partial charge in [0, 0.05) is 6.54 Å². The van der Waals surface area contributed by atoms with Crippen LogP contribution in [0.3, 0.4) is 0 Å². The van der Waals surface area contributed by atoms with E-state index in [1.165, 1.54) is 7.11 Å². The maximum Gasteiger partial charge on any atom is 0.342 e. The van der Waals surface area contributed by atoms with Crippen molar-refractivity contribution in [3.05, 3.63) is 29.8 Å². The van der Waals surface area contributed by atoms with E-state index in [-0.39, 0.29) is 17.5 Å². The van der Waals surface area contributed by atoms with Gasteiger partial charge in [0.1, 0.15) is 11.9 Å². The minimum atomic E-state index is -2.44. The van der Waals surface area contributed by atoms with Gasteiger partial charge in [-0.1, -0.05) is 53.7 Å². The van der Waals surface area contributed by atoms with Crippen LogP contribution in [0.1, 0.15) is 53.5 Å². The first-order valence-electron chi connectivity index (χ1n) is 14.2. The molecule has 2 fully saturated rings. The van der Waals surface area contributed by atoms with Gasteiger partial charge in [-0.3, -0.25) is 4.79 Å². The number of likely N-dealkylation sites (tertiary alicyclic amines) is 1. The Kier molecular flexibility index (Phi) is 9.49. The SMILES string of the molecule is CC[Si](CC)(CC)O[C@H]1[C@@H](O[Si](C)(C)C(C)(C)C)[C@@H]2C[C@@H](N(Cc3ccc(OC)cc3)C2=O)[C@@]1(O)C(=O)OC. The fraction of sp³-hybridized carbons (Fsp3) is 0.724. The molecule has 3 rings (SSSR count). The monoisotopic (exact) mass is 579 g/mol. The number of hydrogen-bond donors (Lipinski definition) is 1. The molecule has 0 radical (unpaired) electrons. The molecule has 0 aromatic heterocycles. The van der Waals surface area contributed by atoms with Gasteiger partial charge in [-0.2, -0.15) is 0 Å². The molecule has 1 amide bonds. The number of rotatable bonds is 11. The van der Waals surface area contributed by atoms with E-state index in [4.69, 9.17) is 18.3 Å². The standard InChI is InChI=1S/C29H49NO7Si2/c1-11-39(12-2,13-3)37-25-24(36-38(9,10)28(4,5)6)22-18-23(29(25,33)27(32)35-8)30(26(22)31)19-20-14-16-21(34-7)17-15-20/h14-17,22-25,33H,11-13,18-19H2,1-10H3/t22-,23+,24-,25-,29-/m0/s1. The number of nitrogens with zero attached hydrogens (tertiary/aromatic N) is 1. The van der Waals surface area contributed by atoms with Crippen molar-refractivity contribution in [2.75, 3.05) is 14.2 Å². The molecule has 1 aromatic carbocycles. The topological polar surface area (TPSA) is 94.5 Å². The zero-order valence-corrected chi connectivity index (χ0v) is 27.5. The number of hydrogen-bond acceptors (Lipinski definition) is 7. The first-order chi connectivity index (χ1) is 18.1. The highest BCUT2D eigenvalue weighted by Gasteiger charge is 2.69. The fourth-order valence-electron chi connectivity index (χ4n) is 5.80. The number of ether oxygens (including phenoxy) is 2. The lowest BCUT2D eigenvalue weighted by Gasteiger charge is -2.51. The summed E-state index contributed by atoms with van der Waals surface area (Å²) >= 11 is 0. The lowest BCUT2D eigenvalue weighted by Crippen LogP contribution is -2.71. The molecule has 2 aliphatic rings. The van der Waals surface area contributed by atoms with E-state index < -0.39 is 52.4 Å². The molecule has 1 N–H and O–H groups in total. The highest BCUT2D eigenvalue weighted by molar-refractivity contribution is 6.74. The summed E-state index contributed by atoms with van der Waals surface area (Å²) in [6, 6.07) is 9.18. The Morgan fingerprint density at radius 2 is 1.62 bits per heavy atom. The van der Waals surface area contributed by atoms with Gasteiger partial charge in [0.2, 0.25) is 11.5 Å². The van der Waals surface area contributed by atoms with Crippen LogP contribution in [0, 0.1) is 5.92 Å². The third kappa shape index (κ3) is 5.72. The molecule has 1 aliphatic carbocycles. The molecule has 2 bridgehead atoms. The Labute approximate surface area is 236 Å². The van der Waals surface area contributed by atoms with Crippen LogP contribution in [-0.4, -0.2) is 76.6 Å². The number of methoxy groups -OCH3 is 2. The van der Waals surface area contributed by atoms with Crippen LogP contribution in [0.4, 0.5) is 0 Å². The van der Waals surface area contributed by atoms with Gasteiger partial charge in [-0.05, 0) is 60.4 Å². The largest absolute Gasteiger partial charge is 0.497 e. The molecule has 1 heterocycles. The summed E-state index contributed by atoms with van der Waals surface area (Å²) in [5, 5.41) is 12.4. The molecular weight excluding hydrogens is 530 g/mol. The molecule has 10 heteroatoms. The summed E-state index contributed by atoms with van der Waals surface area (Å²) in [4.78, 5) is 29.3. The van der Waals surface area contributed by atoms with Crippen LogP contribution in [0.2, 0.25) is 36.3 Å². The molecule has 39 heavy (non-hydrogen) atoms. The average molecular weight is 580 g/mol. The summed E-state index contributed by atoms with van der Waals surface area (Å²) in [5.41, 5.74) is -1.18. The summed E-state index contributed by atoms with van der Waals surface area (Å²) in [7, 11) is -1.90. The molecule has 220 valence electrons. The van der Waals surface area contributed by atoms with Crippen LogP contribution < -0.4 is 4.74 Å². The van der Waals surface area contributed by atoms with Gasteiger partial charge in [0.05, 0.1) is 32.3 Å². The molecule has 8 nitrogen and oxygen atoms in total. The Hall–Kier alpha value is -1.73.